The quantitative estimate of drug-likeness (QED) is 0.334. The summed E-state index contributed by atoms with van der Waals surface area (Å²) in [6, 6.07) is 16.9. The van der Waals surface area contributed by atoms with Gasteiger partial charge in [0.05, 0.1) is 18.3 Å². The van der Waals surface area contributed by atoms with Crippen LogP contribution in [0.25, 0.3) is 6.08 Å². The average molecular weight is 600 g/mol. The molecule has 0 saturated heterocycles. The van der Waals surface area contributed by atoms with Gasteiger partial charge in [-0.05, 0) is 97.5 Å². The molecule has 0 N–H and O–H groups in total. The van der Waals surface area contributed by atoms with Crippen LogP contribution in [0.2, 0.25) is 0 Å². The molecule has 7 heteroatoms. The van der Waals surface area contributed by atoms with Gasteiger partial charge in [0, 0.05) is 14.6 Å². The monoisotopic (exact) mass is 598 g/mol. The molecule has 0 bridgehead atoms. The molecule has 0 aromatic heterocycles. The van der Waals surface area contributed by atoms with Crippen molar-refractivity contribution in [2.45, 2.75) is 39.2 Å². The number of carbonyl (C=O) groups is 1. The standard InChI is InChI=1S/C27H24Br2N2O2S/c1-3-33-26(32)25-16(2)31-24(18-9-13-21(29)14-10-18)22-6-4-5-19(23(22)30-27(31)34-25)15-17-7-11-20(28)12-8-17/h7-15,24H,3-6H2,1-2H3/b19-15-/t24-/m0/s1. The summed E-state index contributed by atoms with van der Waals surface area (Å²) in [6.07, 6.45) is 5.30. The summed E-state index contributed by atoms with van der Waals surface area (Å²) in [5, 5.41) is 0.843. The molecule has 5 rings (SSSR count). The van der Waals surface area contributed by atoms with E-state index in [4.69, 9.17) is 9.73 Å². The summed E-state index contributed by atoms with van der Waals surface area (Å²) in [7, 11) is 0. The Kier molecular flexibility index (Phi) is 6.87. The number of nitrogens with zero attached hydrogens (tertiary/aromatic N) is 2. The average Bonchev–Trinajstić information content (AvgIpc) is 3.16. The molecule has 0 saturated carbocycles. The minimum Gasteiger partial charge on any atom is -0.462 e. The number of allylic oxidation sites excluding steroid dienone is 2. The van der Waals surface area contributed by atoms with Crippen LogP contribution in [-0.2, 0) is 9.53 Å². The number of halogens is 2. The van der Waals surface area contributed by atoms with E-state index in [0.29, 0.717) is 11.5 Å². The molecule has 2 aromatic rings. The zero-order chi connectivity index (χ0) is 23.8. The number of ether oxygens (including phenoxy) is 1. The Bertz CT molecular complexity index is 1260. The number of fused-ring (bicyclic) bond motifs is 1. The Morgan fingerprint density at radius 2 is 1.79 bits per heavy atom. The molecule has 3 aliphatic rings. The van der Waals surface area contributed by atoms with E-state index in [1.165, 1.54) is 28.5 Å². The molecule has 0 amide bonds. The highest BCUT2D eigenvalue weighted by Gasteiger charge is 2.42. The van der Waals surface area contributed by atoms with Crippen molar-refractivity contribution < 1.29 is 9.53 Å². The van der Waals surface area contributed by atoms with Crippen molar-refractivity contribution in [3.8, 4) is 0 Å². The molecule has 0 fully saturated rings. The third kappa shape index (κ3) is 4.45. The highest BCUT2D eigenvalue weighted by Crippen LogP contribution is 2.51. The predicted octanol–water partition coefficient (Wildman–Crippen LogP) is 7.99. The van der Waals surface area contributed by atoms with Gasteiger partial charge < -0.3 is 9.64 Å². The van der Waals surface area contributed by atoms with Crippen molar-refractivity contribution in [2.24, 2.45) is 4.99 Å². The van der Waals surface area contributed by atoms with E-state index in [2.05, 4.69) is 91.4 Å². The van der Waals surface area contributed by atoms with Crippen molar-refractivity contribution in [1.82, 2.24) is 4.90 Å². The summed E-state index contributed by atoms with van der Waals surface area (Å²) >= 11 is 8.51. The maximum absolute atomic E-state index is 12.7. The highest BCUT2D eigenvalue weighted by molar-refractivity contribution is 9.10. The molecule has 0 radical (unpaired) electrons. The Morgan fingerprint density at radius 3 is 2.47 bits per heavy atom. The van der Waals surface area contributed by atoms with Gasteiger partial charge in [-0.1, -0.05) is 56.1 Å². The smallest absolute Gasteiger partial charge is 0.346 e. The second-order valence-electron chi connectivity index (χ2n) is 8.40. The molecule has 1 aliphatic carbocycles. The largest absolute Gasteiger partial charge is 0.462 e. The lowest BCUT2D eigenvalue weighted by molar-refractivity contribution is -0.137. The van der Waals surface area contributed by atoms with E-state index >= 15 is 0 Å². The van der Waals surface area contributed by atoms with Crippen LogP contribution in [0.3, 0.4) is 0 Å². The van der Waals surface area contributed by atoms with Crippen LogP contribution in [0.15, 0.2) is 89.9 Å². The molecule has 4 nitrogen and oxygen atoms in total. The number of amidine groups is 1. The number of hydrogen-bond donors (Lipinski definition) is 0. The van der Waals surface area contributed by atoms with Gasteiger partial charge in [-0.2, -0.15) is 0 Å². The molecule has 174 valence electrons. The van der Waals surface area contributed by atoms with E-state index < -0.39 is 0 Å². The van der Waals surface area contributed by atoms with Gasteiger partial charge in [0.1, 0.15) is 4.91 Å². The summed E-state index contributed by atoms with van der Waals surface area (Å²) in [4.78, 5) is 20.7. The van der Waals surface area contributed by atoms with Gasteiger partial charge in [0.2, 0.25) is 0 Å². The molecule has 0 spiro atoms. The van der Waals surface area contributed by atoms with E-state index in [9.17, 15) is 4.79 Å². The normalized spacial score (nSPS) is 20.9. The lowest BCUT2D eigenvalue weighted by Crippen LogP contribution is -2.34. The van der Waals surface area contributed by atoms with Crippen molar-refractivity contribution in [1.29, 1.82) is 0 Å². The first kappa shape index (κ1) is 23.6. The molecule has 1 atom stereocenters. The van der Waals surface area contributed by atoms with Crippen LogP contribution in [0.4, 0.5) is 0 Å². The van der Waals surface area contributed by atoms with E-state index in [0.717, 1.165) is 50.3 Å². The second kappa shape index (κ2) is 9.88. The van der Waals surface area contributed by atoms with Gasteiger partial charge >= 0.3 is 5.97 Å². The fourth-order valence-corrected chi connectivity index (χ4v) is 6.28. The number of thioether (sulfide) groups is 1. The van der Waals surface area contributed by atoms with Crippen LogP contribution < -0.4 is 0 Å². The number of benzene rings is 2. The van der Waals surface area contributed by atoms with Crippen LogP contribution in [0.1, 0.15) is 50.3 Å². The highest BCUT2D eigenvalue weighted by atomic mass is 79.9. The summed E-state index contributed by atoms with van der Waals surface area (Å²) in [5.41, 5.74) is 6.89. The van der Waals surface area contributed by atoms with Crippen molar-refractivity contribution in [3.63, 3.8) is 0 Å². The summed E-state index contributed by atoms with van der Waals surface area (Å²) < 4.78 is 7.47. The lowest BCUT2D eigenvalue weighted by atomic mass is 9.83. The Balaban J connectivity index is 1.64. The molecule has 0 unspecified atom stereocenters. The summed E-state index contributed by atoms with van der Waals surface area (Å²) in [6.45, 7) is 4.19. The van der Waals surface area contributed by atoms with Gasteiger partial charge in [-0.3, -0.25) is 0 Å². The number of rotatable bonds is 4. The Labute approximate surface area is 221 Å². The SMILES string of the molecule is CCOC(=O)C1=C(C)N2C(=NC3=C(CCC/C3=C/c3ccc(Br)cc3)[C@@H]2c2ccc(Br)cc2)S1. The molecule has 2 aliphatic heterocycles. The van der Waals surface area contributed by atoms with Gasteiger partial charge in [0.25, 0.3) is 0 Å². The van der Waals surface area contributed by atoms with Crippen LogP contribution in [-0.4, -0.2) is 22.6 Å². The third-order valence-electron chi connectivity index (χ3n) is 6.24. The van der Waals surface area contributed by atoms with E-state index in [-0.39, 0.29) is 12.0 Å². The second-order valence-corrected chi connectivity index (χ2v) is 11.2. The van der Waals surface area contributed by atoms with Crippen molar-refractivity contribution in [3.05, 3.63) is 96.0 Å². The molecular weight excluding hydrogens is 576 g/mol. The fraction of sp³-hybridized carbons (Fsp3) is 0.259. The molecule has 2 heterocycles. The minimum absolute atomic E-state index is 0.00337. The first-order valence-corrected chi connectivity index (χ1v) is 13.7. The van der Waals surface area contributed by atoms with E-state index in [1.807, 2.05) is 13.8 Å². The van der Waals surface area contributed by atoms with Crippen LogP contribution in [0, 0.1) is 0 Å². The maximum atomic E-state index is 12.7. The van der Waals surface area contributed by atoms with Crippen molar-refractivity contribution >= 4 is 60.8 Å². The van der Waals surface area contributed by atoms with Crippen molar-refractivity contribution in [2.75, 3.05) is 6.61 Å². The molecular formula is C27H24Br2N2O2S. The topological polar surface area (TPSA) is 41.9 Å². The van der Waals surface area contributed by atoms with Gasteiger partial charge in [-0.25, -0.2) is 9.79 Å². The minimum atomic E-state index is -0.278. The Morgan fingerprint density at radius 1 is 1.12 bits per heavy atom. The Hall–Kier alpha value is -2.09. The van der Waals surface area contributed by atoms with Crippen LogP contribution >= 0.6 is 43.6 Å². The fourth-order valence-electron chi connectivity index (χ4n) is 4.70. The first-order valence-electron chi connectivity index (χ1n) is 11.3. The van der Waals surface area contributed by atoms with Gasteiger partial charge in [0.15, 0.2) is 5.17 Å². The molecule has 34 heavy (non-hydrogen) atoms. The zero-order valence-corrected chi connectivity index (χ0v) is 23.0. The summed E-state index contributed by atoms with van der Waals surface area (Å²) in [5.74, 6) is -0.278. The van der Waals surface area contributed by atoms with Gasteiger partial charge in [-0.15, -0.1) is 0 Å². The predicted molar refractivity (Wildman–Crippen MR) is 146 cm³/mol. The first-order chi connectivity index (χ1) is 16.5. The lowest BCUT2D eigenvalue weighted by Gasteiger charge is -2.39. The maximum Gasteiger partial charge on any atom is 0.346 e. The number of esters is 1. The number of aliphatic imine (C=N–C) groups is 1. The van der Waals surface area contributed by atoms with Crippen LogP contribution in [0.5, 0.6) is 0 Å². The van der Waals surface area contributed by atoms with E-state index in [1.54, 1.807) is 0 Å². The number of hydrogen-bond acceptors (Lipinski definition) is 5. The zero-order valence-electron chi connectivity index (χ0n) is 19.0. The number of carbonyl (C=O) groups excluding carboxylic acids is 1. The molecule has 2 aromatic carbocycles. The third-order valence-corrected chi connectivity index (χ3v) is 8.44.